The Labute approximate surface area is 204 Å². The fraction of sp³-hybridized carbons (Fsp3) is 0.654. The van der Waals surface area contributed by atoms with Crippen molar-refractivity contribution < 1.29 is 24.2 Å². The molecule has 0 saturated heterocycles. The molecule has 3 amide bonds. The van der Waals surface area contributed by atoms with Crippen molar-refractivity contribution >= 4 is 17.9 Å². The molecule has 0 fully saturated rings. The number of carbonyl (C=O) groups is 3. The number of nitrogens with zero attached hydrogens (tertiary/aromatic N) is 1. The molecule has 0 spiro atoms. The van der Waals surface area contributed by atoms with Gasteiger partial charge in [0.2, 0.25) is 11.8 Å². The first kappa shape index (κ1) is 29.3. The molecule has 0 aromatic heterocycles. The standard InChI is InChI=1S/C26H43N3O5/c1-9-11-15-27-23(31)21(19-14-12-13-18(5)22(19)30)29(16-10-2)24(32)20(17(3)4)28-25(33)34-26(6,7)8/h12-14,17,20-21,30H,9-11,15-16H2,1-8H3,(H,27,31)(H,28,33). The number of aryl methyl sites for hydroxylation is 1. The van der Waals surface area contributed by atoms with Crippen LogP contribution in [0.4, 0.5) is 4.79 Å². The average molecular weight is 478 g/mol. The maximum Gasteiger partial charge on any atom is 0.408 e. The Morgan fingerprint density at radius 3 is 2.29 bits per heavy atom. The number of carbonyl (C=O) groups excluding carboxylic acids is 3. The van der Waals surface area contributed by atoms with E-state index in [1.165, 1.54) is 4.90 Å². The second kappa shape index (κ2) is 13.2. The summed E-state index contributed by atoms with van der Waals surface area (Å²) in [6.07, 6.45) is 1.61. The van der Waals surface area contributed by atoms with Gasteiger partial charge in [0.25, 0.3) is 0 Å². The highest BCUT2D eigenvalue weighted by Gasteiger charge is 2.38. The summed E-state index contributed by atoms with van der Waals surface area (Å²) in [6.45, 7) is 15.3. The van der Waals surface area contributed by atoms with E-state index in [2.05, 4.69) is 10.6 Å². The zero-order chi connectivity index (χ0) is 26.1. The Morgan fingerprint density at radius 1 is 1.12 bits per heavy atom. The number of phenolic OH excluding ortho intramolecular Hbond substituents is 1. The van der Waals surface area contributed by atoms with Crippen LogP contribution >= 0.6 is 0 Å². The fourth-order valence-corrected chi connectivity index (χ4v) is 3.57. The number of unbranched alkanes of at least 4 members (excludes halogenated alkanes) is 1. The third-order valence-corrected chi connectivity index (χ3v) is 5.31. The van der Waals surface area contributed by atoms with Gasteiger partial charge in [0.05, 0.1) is 0 Å². The first-order chi connectivity index (χ1) is 15.8. The molecule has 0 aliphatic heterocycles. The van der Waals surface area contributed by atoms with Crippen LogP contribution in [0, 0.1) is 12.8 Å². The molecule has 0 heterocycles. The van der Waals surface area contributed by atoms with Crippen LogP contribution in [-0.4, -0.2) is 52.6 Å². The van der Waals surface area contributed by atoms with Crippen molar-refractivity contribution in [3.8, 4) is 5.75 Å². The molecule has 1 rings (SSSR count). The summed E-state index contributed by atoms with van der Waals surface area (Å²) in [7, 11) is 0. The van der Waals surface area contributed by atoms with Crippen molar-refractivity contribution in [1.82, 2.24) is 15.5 Å². The van der Waals surface area contributed by atoms with Crippen LogP contribution < -0.4 is 10.6 Å². The third kappa shape index (κ3) is 8.54. The van der Waals surface area contributed by atoms with Crippen molar-refractivity contribution in [2.45, 2.75) is 92.3 Å². The van der Waals surface area contributed by atoms with E-state index < -0.39 is 29.7 Å². The van der Waals surface area contributed by atoms with Gasteiger partial charge in [-0.3, -0.25) is 9.59 Å². The van der Waals surface area contributed by atoms with Gasteiger partial charge in [-0.2, -0.15) is 0 Å². The number of alkyl carbamates (subject to hydrolysis) is 1. The first-order valence-corrected chi connectivity index (χ1v) is 12.2. The molecule has 0 aliphatic carbocycles. The molecule has 0 bridgehead atoms. The Balaban J connectivity index is 3.43. The fourth-order valence-electron chi connectivity index (χ4n) is 3.57. The lowest BCUT2D eigenvalue weighted by molar-refractivity contribution is -0.143. The second-order valence-corrected chi connectivity index (χ2v) is 9.96. The van der Waals surface area contributed by atoms with Crippen LogP contribution in [0.3, 0.4) is 0 Å². The van der Waals surface area contributed by atoms with E-state index in [0.717, 1.165) is 12.8 Å². The molecule has 0 aliphatic rings. The minimum Gasteiger partial charge on any atom is -0.507 e. The summed E-state index contributed by atoms with van der Waals surface area (Å²) in [6, 6.07) is 3.22. The maximum atomic E-state index is 13.8. The van der Waals surface area contributed by atoms with E-state index in [4.69, 9.17) is 4.74 Å². The van der Waals surface area contributed by atoms with Crippen LogP contribution in [0.1, 0.15) is 84.9 Å². The topological polar surface area (TPSA) is 108 Å². The van der Waals surface area contributed by atoms with E-state index in [0.29, 0.717) is 24.1 Å². The molecule has 8 nitrogen and oxygen atoms in total. The Morgan fingerprint density at radius 2 is 1.76 bits per heavy atom. The van der Waals surface area contributed by atoms with E-state index >= 15 is 0 Å². The lowest BCUT2D eigenvalue weighted by Crippen LogP contribution is -2.55. The quantitative estimate of drug-likeness (QED) is 0.408. The van der Waals surface area contributed by atoms with Crippen LogP contribution in [0.15, 0.2) is 18.2 Å². The van der Waals surface area contributed by atoms with Gasteiger partial charge in [-0.05, 0) is 52.0 Å². The third-order valence-electron chi connectivity index (χ3n) is 5.31. The number of nitrogens with one attached hydrogen (secondary N) is 2. The minimum atomic E-state index is -1.04. The molecule has 2 unspecified atom stereocenters. The lowest BCUT2D eigenvalue weighted by Gasteiger charge is -2.35. The van der Waals surface area contributed by atoms with E-state index in [1.807, 2.05) is 27.7 Å². The number of phenols is 1. The summed E-state index contributed by atoms with van der Waals surface area (Å²) in [5, 5.41) is 16.4. The van der Waals surface area contributed by atoms with Gasteiger partial charge >= 0.3 is 6.09 Å². The zero-order valence-electron chi connectivity index (χ0n) is 22.0. The van der Waals surface area contributed by atoms with Gasteiger partial charge in [0.1, 0.15) is 23.4 Å². The Kier molecular flexibility index (Phi) is 11.4. The summed E-state index contributed by atoms with van der Waals surface area (Å²) >= 11 is 0. The number of amides is 3. The molecule has 1 aromatic carbocycles. The minimum absolute atomic E-state index is 0.0201. The summed E-state index contributed by atoms with van der Waals surface area (Å²) in [5.41, 5.74) is 0.253. The highest BCUT2D eigenvalue weighted by molar-refractivity contribution is 5.92. The number of ether oxygens (including phenoxy) is 1. The number of rotatable bonds is 11. The van der Waals surface area contributed by atoms with Crippen LogP contribution in [0.5, 0.6) is 5.75 Å². The van der Waals surface area contributed by atoms with Gasteiger partial charge in [-0.15, -0.1) is 0 Å². The molecule has 8 heteroatoms. The van der Waals surface area contributed by atoms with Crippen molar-refractivity contribution in [2.24, 2.45) is 5.92 Å². The monoisotopic (exact) mass is 477 g/mol. The molecule has 192 valence electrons. The van der Waals surface area contributed by atoms with Crippen molar-refractivity contribution in [3.63, 3.8) is 0 Å². The molecule has 2 atom stereocenters. The van der Waals surface area contributed by atoms with Crippen molar-refractivity contribution in [1.29, 1.82) is 0 Å². The molecule has 34 heavy (non-hydrogen) atoms. The van der Waals surface area contributed by atoms with E-state index in [9.17, 15) is 19.5 Å². The number of aromatic hydroxyl groups is 1. The molecule has 0 radical (unpaired) electrons. The smallest absolute Gasteiger partial charge is 0.408 e. The normalized spacial score (nSPS) is 13.2. The van der Waals surface area contributed by atoms with Crippen LogP contribution in [-0.2, 0) is 14.3 Å². The van der Waals surface area contributed by atoms with Crippen molar-refractivity contribution in [2.75, 3.05) is 13.1 Å². The summed E-state index contributed by atoms with van der Waals surface area (Å²) in [5.74, 6) is -1.04. The number of para-hydroxylation sites is 1. The lowest BCUT2D eigenvalue weighted by atomic mass is 9.97. The van der Waals surface area contributed by atoms with Gasteiger partial charge < -0.3 is 25.4 Å². The predicted molar refractivity (Wildman–Crippen MR) is 134 cm³/mol. The Bertz CT molecular complexity index is 832. The van der Waals surface area contributed by atoms with Gasteiger partial charge in [-0.1, -0.05) is 52.3 Å². The molecule has 0 saturated carbocycles. The van der Waals surface area contributed by atoms with Crippen LogP contribution in [0.25, 0.3) is 0 Å². The van der Waals surface area contributed by atoms with Gasteiger partial charge in [0.15, 0.2) is 0 Å². The summed E-state index contributed by atoms with van der Waals surface area (Å²) < 4.78 is 5.36. The maximum absolute atomic E-state index is 13.8. The Hall–Kier alpha value is -2.77. The summed E-state index contributed by atoms with van der Waals surface area (Å²) in [4.78, 5) is 41.1. The number of benzene rings is 1. The average Bonchev–Trinajstić information content (AvgIpc) is 2.72. The van der Waals surface area contributed by atoms with E-state index in [1.54, 1.807) is 45.9 Å². The zero-order valence-corrected chi connectivity index (χ0v) is 22.0. The molecular formula is C26H43N3O5. The van der Waals surface area contributed by atoms with E-state index in [-0.39, 0.29) is 24.1 Å². The highest BCUT2D eigenvalue weighted by atomic mass is 16.6. The number of hydrogen-bond acceptors (Lipinski definition) is 5. The van der Waals surface area contributed by atoms with Gasteiger partial charge in [0, 0.05) is 18.7 Å². The molecular weight excluding hydrogens is 434 g/mol. The largest absolute Gasteiger partial charge is 0.507 e. The number of hydrogen-bond donors (Lipinski definition) is 3. The van der Waals surface area contributed by atoms with Crippen molar-refractivity contribution in [3.05, 3.63) is 29.3 Å². The molecule has 1 aromatic rings. The SMILES string of the molecule is CCCCNC(=O)C(c1cccc(C)c1O)N(CCC)C(=O)C(NC(=O)OC(C)(C)C)C(C)C. The molecule has 3 N–H and O–H groups in total. The predicted octanol–water partition coefficient (Wildman–Crippen LogP) is 4.45. The first-order valence-electron chi connectivity index (χ1n) is 12.2. The van der Waals surface area contributed by atoms with Gasteiger partial charge in [-0.25, -0.2) is 4.79 Å². The highest BCUT2D eigenvalue weighted by Crippen LogP contribution is 2.32. The second-order valence-electron chi connectivity index (χ2n) is 9.96. The van der Waals surface area contributed by atoms with Crippen LogP contribution in [0.2, 0.25) is 0 Å².